The van der Waals surface area contributed by atoms with Gasteiger partial charge in [0.2, 0.25) is 0 Å². The number of hydrogen-bond donors (Lipinski definition) is 0. The second-order valence-corrected chi connectivity index (χ2v) is 11.7. The van der Waals surface area contributed by atoms with Gasteiger partial charge in [-0.15, -0.1) is 56.7 Å². The average Bonchev–Trinajstić information content (AvgIpc) is 3.44. The summed E-state index contributed by atoms with van der Waals surface area (Å²) in [6.45, 7) is 0. The van der Waals surface area contributed by atoms with Crippen LogP contribution in [0.25, 0.3) is 16.8 Å². The zero-order valence-corrected chi connectivity index (χ0v) is 23.1. The second-order valence-electron chi connectivity index (χ2n) is 7.03. The van der Waals surface area contributed by atoms with Gasteiger partial charge in [0.1, 0.15) is 0 Å². The fourth-order valence-electron chi connectivity index (χ4n) is 4.11. The Balaban J connectivity index is 0.000000177. The van der Waals surface area contributed by atoms with Crippen LogP contribution in [0.2, 0.25) is 0 Å². The van der Waals surface area contributed by atoms with Crippen LogP contribution >= 0.6 is 33.0 Å². The topological polar surface area (TPSA) is 3.24 Å². The van der Waals surface area contributed by atoms with Crippen molar-refractivity contribution < 1.29 is 20.8 Å². The molecule has 0 spiro atoms. The molecule has 6 heteroatoms. The van der Waals surface area contributed by atoms with Crippen molar-refractivity contribution in [1.29, 1.82) is 0 Å². The maximum Gasteiger partial charge on any atom is -0.0809 e. The van der Waals surface area contributed by atoms with E-state index in [9.17, 15) is 0 Å². The van der Waals surface area contributed by atoms with Gasteiger partial charge in [0.05, 0.1) is 0 Å². The Morgan fingerprint density at radius 3 is 2.55 bits per heavy atom. The summed E-state index contributed by atoms with van der Waals surface area (Å²) in [6.07, 6.45) is 2.28. The number of benzene rings is 3. The standard InChI is InChI=1S/C16H11BrN.C9H7.2ClH.H2S.Zr/c1-18-14-5-3-2-4-13(14)16-12-7-6-11(17)8-10(12)9-15(16)18;1-2-5-9-7-3-6-8(9)4-1;;;;/h2-6,8-9,16H,1H3;1-7H;2*1H;1H2;/q2*-1;;;;+2/p-3. The number of hydrogen-bond acceptors (Lipinski definition) is 2. The first kappa shape index (κ1) is 24.7. The number of likely N-dealkylation sites (N-methyl/N-ethyl adjacent to an activating group) is 1. The monoisotopic (exact) mass is 604 g/mol. The number of rotatable bonds is 0. The number of halogens is 3. The Labute approximate surface area is 217 Å². The smallest absolute Gasteiger partial charge is 0.0809 e. The van der Waals surface area contributed by atoms with Gasteiger partial charge >= 0.3 is 37.9 Å². The van der Waals surface area contributed by atoms with Crippen molar-refractivity contribution in [2.24, 2.45) is 0 Å². The van der Waals surface area contributed by atoms with E-state index in [0.29, 0.717) is 5.92 Å². The van der Waals surface area contributed by atoms with Gasteiger partial charge in [-0.3, -0.25) is 0 Å². The summed E-state index contributed by atoms with van der Waals surface area (Å²) in [5.74, 6) is 0.370. The molecule has 0 fully saturated rings. The largest absolute Gasteiger partial charge is 0.813 e. The summed E-state index contributed by atoms with van der Waals surface area (Å²) in [5.41, 5.74) is 6.65. The van der Waals surface area contributed by atoms with E-state index in [4.69, 9.17) is 17.0 Å². The molecular weight excluding hydrogens is 588 g/mol. The number of nitrogens with zero attached hydrogens (tertiary/aromatic N) is 1. The maximum absolute atomic E-state index is 4.93. The van der Waals surface area contributed by atoms with Gasteiger partial charge in [-0.05, 0) is 11.6 Å². The zero-order valence-electron chi connectivity index (χ0n) is 16.7. The molecule has 1 heterocycles. The molecule has 4 aromatic carbocycles. The van der Waals surface area contributed by atoms with Crippen LogP contribution in [0, 0.1) is 6.07 Å². The van der Waals surface area contributed by atoms with Gasteiger partial charge in [0.15, 0.2) is 0 Å². The predicted octanol–water partition coefficient (Wildman–Crippen LogP) is 7.85. The molecule has 31 heavy (non-hydrogen) atoms. The third-order valence-electron chi connectivity index (χ3n) is 5.40. The minimum atomic E-state index is -0.826. The molecule has 2 aliphatic rings. The molecule has 1 atom stereocenters. The summed E-state index contributed by atoms with van der Waals surface area (Å²) in [7, 11) is 12.0. The molecule has 0 saturated carbocycles. The minimum Gasteiger partial charge on any atom is -0.813 e. The van der Waals surface area contributed by atoms with Crippen LogP contribution in [0.4, 0.5) is 5.69 Å². The van der Waals surface area contributed by atoms with Crippen LogP contribution in [-0.4, -0.2) is 7.05 Å². The molecule has 1 aliphatic carbocycles. The Morgan fingerprint density at radius 2 is 1.77 bits per heavy atom. The molecule has 1 aliphatic heterocycles. The number of para-hydroxylation sites is 1. The van der Waals surface area contributed by atoms with Crippen LogP contribution in [0.3, 0.4) is 0 Å². The maximum atomic E-state index is 4.93. The van der Waals surface area contributed by atoms with Crippen molar-refractivity contribution in [3.05, 3.63) is 112 Å². The van der Waals surface area contributed by atoms with Gasteiger partial charge in [0, 0.05) is 24.4 Å². The Kier molecular flexibility index (Phi) is 9.02. The summed E-state index contributed by atoms with van der Waals surface area (Å²) >= 11 is 2.69. The third kappa shape index (κ3) is 5.20. The number of anilines is 1. The number of fused-ring (bicyclic) bond motifs is 6. The zero-order chi connectivity index (χ0) is 21.1. The van der Waals surface area contributed by atoms with Crippen LogP contribution in [0.15, 0.2) is 89.0 Å². The molecule has 0 N–H and O–H groups in total. The van der Waals surface area contributed by atoms with Gasteiger partial charge in [-0.2, -0.15) is 35.7 Å². The van der Waals surface area contributed by atoms with Crippen LogP contribution in [0.5, 0.6) is 0 Å². The van der Waals surface area contributed by atoms with E-state index >= 15 is 0 Å². The molecule has 0 radical (unpaired) electrons. The van der Waals surface area contributed by atoms with Crippen LogP contribution in [0.1, 0.15) is 22.6 Å². The van der Waals surface area contributed by atoms with E-state index in [1.807, 2.05) is 6.07 Å². The molecule has 0 aromatic heterocycles. The average molecular weight is 608 g/mol. The fourth-order valence-corrected chi connectivity index (χ4v) is 4.47. The number of thiol groups is 1. The second kappa shape index (κ2) is 11.3. The van der Waals surface area contributed by atoms with E-state index in [2.05, 4.69) is 113 Å². The summed E-state index contributed by atoms with van der Waals surface area (Å²) in [4.78, 5) is 2.29. The van der Waals surface area contributed by atoms with Crippen LogP contribution < -0.4 is 4.90 Å². The molecule has 0 saturated heterocycles. The SMILES string of the molecule is CN1C2=Cc3cc(Br)c[c-]c3C2c2ccccc21.[Cl][Zr][Cl].[SH-].c1ccc2[cH-]ccc2c1. The van der Waals surface area contributed by atoms with Gasteiger partial charge in [0.25, 0.3) is 0 Å². The molecule has 4 aromatic rings. The van der Waals surface area contributed by atoms with E-state index in [-0.39, 0.29) is 13.5 Å². The van der Waals surface area contributed by atoms with Crippen molar-refractivity contribution in [3.8, 4) is 0 Å². The van der Waals surface area contributed by atoms with Crippen molar-refractivity contribution in [1.82, 2.24) is 0 Å². The first-order chi connectivity index (χ1) is 14.6. The Morgan fingerprint density at radius 1 is 1.06 bits per heavy atom. The van der Waals surface area contributed by atoms with E-state index in [0.717, 1.165) is 4.47 Å². The molecule has 1 unspecified atom stereocenters. The first-order valence-corrected chi connectivity index (χ1v) is 16.6. The Bertz CT molecular complexity index is 1180. The fraction of sp³-hybridized carbons (Fsp3) is 0.0800. The molecule has 1 nitrogen and oxygen atoms in total. The van der Waals surface area contributed by atoms with E-state index < -0.39 is 20.8 Å². The normalized spacial score (nSPS) is 14.6. The minimum absolute atomic E-state index is 0. The van der Waals surface area contributed by atoms with Gasteiger partial charge < -0.3 is 18.4 Å². The summed E-state index contributed by atoms with van der Waals surface area (Å²) < 4.78 is 1.09. The quantitative estimate of drug-likeness (QED) is 0.114. The Hall–Kier alpha value is -0.897. The molecular formula is C25H19BrCl2NSZr-3. The number of allylic oxidation sites excluding steroid dienone is 1. The molecule has 158 valence electrons. The van der Waals surface area contributed by atoms with Crippen LogP contribution in [-0.2, 0) is 34.3 Å². The first-order valence-electron chi connectivity index (χ1n) is 9.46. The van der Waals surface area contributed by atoms with E-state index in [1.165, 1.54) is 38.8 Å². The van der Waals surface area contributed by atoms with Gasteiger partial charge in [-0.25, -0.2) is 0 Å². The van der Waals surface area contributed by atoms with Crippen molar-refractivity contribution in [3.63, 3.8) is 0 Å². The summed E-state index contributed by atoms with van der Waals surface area (Å²) in [6, 6.07) is 30.9. The third-order valence-corrected chi connectivity index (χ3v) is 5.86. The van der Waals surface area contributed by atoms with E-state index in [1.54, 1.807) is 0 Å². The van der Waals surface area contributed by atoms with Crippen molar-refractivity contribution in [2.75, 3.05) is 11.9 Å². The van der Waals surface area contributed by atoms with Crippen molar-refractivity contribution in [2.45, 2.75) is 5.92 Å². The summed E-state index contributed by atoms with van der Waals surface area (Å²) in [5, 5.41) is 2.66. The van der Waals surface area contributed by atoms with Crippen molar-refractivity contribution >= 4 is 69.0 Å². The molecule has 0 amide bonds. The molecule has 6 rings (SSSR count). The van der Waals surface area contributed by atoms with Gasteiger partial charge in [-0.1, -0.05) is 34.8 Å². The molecule has 0 bridgehead atoms. The predicted molar refractivity (Wildman–Crippen MR) is 138 cm³/mol.